The van der Waals surface area contributed by atoms with Crippen LogP contribution in [0.3, 0.4) is 0 Å². The smallest absolute Gasteiger partial charge is 0.254 e. The van der Waals surface area contributed by atoms with Crippen molar-refractivity contribution in [3.05, 3.63) is 29.6 Å². The fourth-order valence-corrected chi connectivity index (χ4v) is 4.69. The zero-order chi connectivity index (χ0) is 15.7. The second-order valence-electron chi connectivity index (χ2n) is 5.79. The highest BCUT2D eigenvalue weighted by molar-refractivity contribution is 8.01. The highest BCUT2D eigenvalue weighted by Crippen LogP contribution is 2.46. The first-order valence-electron chi connectivity index (χ1n) is 7.45. The van der Waals surface area contributed by atoms with Gasteiger partial charge in [-0.05, 0) is 31.5 Å². The SMILES string of the molecule is CCOC1CSC2(C1)CN(C(=O)c1ccc(OC)c(F)c1)C2. The monoisotopic (exact) mass is 325 g/mol. The van der Waals surface area contributed by atoms with Crippen molar-refractivity contribution in [1.29, 1.82) is 0 Å². The molecule has 0 bridgehead atoms. The number of thioether (sulfide) groups is 1. The van der Waals surface area contributed by atoms with Crippen molar-refractivity contribution < 1.29 is 18.7 Å². The predicted molar refractivity (Wildman–Crippen MR) is 84.1 cm³/mol. The summed E-state index contributed by atoms with van der Waals surface area (Å²) in [6, 6.07) is 4.35. The Morgan fingerprint density at radius 2 is 2.27 bits per heavy atom. The van der Waals surface area contributed by atoms with Crippen LogP contribution in [0.1, 0.15) is 23.7 Å². The number of nitrogens with zero attached hydrogens (tertiary/aromatic N) is 1. The van der Waals surface area contributed by atoms with Crippen LogP contribution >= 0.6 is 11.8 Å². The first-order valence-corrected chi connectivity index (χ1v) is 8.44. The Bertz CT molecular complexity index is 575. The topological polar surface area (TPSA) is 38.8 Å². The molecule has 22 heavy (non-hydrogen) atoms. The van der Waals surface area contributed by atoms with Gasteiger partial charge in [-0.25, -0.2) is 4.39 Å². The standard InChI is InChI=1S/C16H20FNO3S/c1-3-21-12-7-16(22-8-12)9-18(10-16)15(19)11-4-5-14(20-2)13(17)6-11/h4-6,12H,3,7-10H2,1-2H3. The lowest BCUT2D eigenvalue weighted by Crippen LogP contribution is -2.60. The second kappa shape index (κ2) is 6.08. The molecular formula is C16H20FNO3S. The van der Waals surface area contributed by atoms with Crippen LogP contribution in [0.4, 0.5) is 4.39 Å². The lowest BCUT2D eigenvalue weighted by molar-refractivity contribution is 0.0359. The molecule has 3 rings (SSSR count). The molecule has 0 aromatic heterocycles. The second-order valence-corrected chi connectivity index (χ2v) is 7.27. The molecule has 0 N–H and O–H groups in total. The van der Waals surface area contributed by atoms with Crippen LogP contribution in [-0.4, -0.2) is 54.2 Å². The third-order valence-corrected chi connectivity index (χ3v) is 5.80. The maximum atomic E-state index is 13.7. The van der Waals surface area contributed by atoms with Crippen LogP contribution in [0.25, 0.3) is 0 Å². The van der Waals surface area contributed by atoms with Gasteiger partial charge in [0.2, 0.25) is 0 Å². The number of hydrogen-bond acceptors (Lipinski definition) is 4. The van der Waals surface area contributed by atoms with Crippen molar-refractivity contribution in [2.75, 3.05) is 32.6 Å². The lowest BCUT2D eigenvalue weighted by atomic mass is 9.92. The predicted octanol–water partition coefficient (Wildman–Crippen LogP) is 2.57. The van der Waals surface area contributed by atoms with Crippen molar-refractivity contribution in [2.24, 2.45) is 0 Å². The highest BCUT2D eigenvalue weighted by atomic mass is 32.2. The number of hydrogen-bond donors (Lipinski definition) is 0. The molecule has 0 aliphatic carbocycles. The Kier molecular flexibility index (Phi) is 4.32. The van der Waals surface area contributed by atoms with E-state index in [0.29, 0.717) is 24.8 Å². The zero-order valence-electron chi connectivity index (χ0n) is 12.8. The number of likely N-dealkylation sites (tertiary alicyclic amines) is 1. The quantitative estimate of drug-likeness (QED) is 0.853. The third-order valence-electron chi connectivity index (χ3n) is 4.22. The first-order chi connectivity index (χ1) is 10.6. The van der Waals surface area contributed by atoms with Crippen molar-refractivity contribution >= 4 is 17.7 Å². The van der Waals surface area contributed by atoms with Gasteiger partial charge in [-0.3, -0.25) is 4.79 Å². The van der Waals surface area contributed by atoms with Gasteiger partial charge in [0.1, 0.15) is 0 Å². The molecular weight excluding hydrogens is 305 g/mol. The van der Waals surface area contributed by atoms with Crippen LogP contribution in [-0.2, 0) is 4.74 Å². The van der Waals surface area contributed by atoms with E-state index in [0.717, 1.165) is 18.8 Å². The molecule has 2 saturated heterocycles. The molecule has 1 aromatic rings. The van der Waals surface area contributed by atoms with Crippen LogP contribution in [0, 0.1) is 5.82 Å². The van der Waals surface area contributed by atoms with Crippen LogP contribution in [0.15, 0.2) is 18.2 Å². The molecule has 0 radical (unpaired) electrons. The van der Waals surface area contributed by atoms with E-state index in [1.165, 1.54) is 19.2 Å². The molecule has 1 aromatic carbocycles. The number of methoxy groups -OCH3 is 1. The van der Waals surface area contributed by atoms with Gasteiger partial charge in [0.15, 0.2) is 11.6 Å². The Morgan fingerprint density at radius 1 is 1.50 bits per heavy atom. The van der Waals surface area contributed by atoms with Gasteiger partial charge in [-0.1, -0.05) is 0 Å². The van der Waals surface area contributed by atoms with Gasteiger partial charge in [0.25, 0.3) is 5.91 Å². The molecule has 0 saturated carbocycles. The van der Waals surface area contributed by atoms with Crippen LogP contribution in [0.2, 0.25) is 0 Å². The number of rotatable bonds is 4. The van der Waals surface area contributed by atoms with Crippen molar-refractivity contribution in [3.63, 3.8) is 0 Å². The van der Waals surface area contributed by atoms with E-state index in [2.05, 4.69) is 0 Å². The summed E-state index contributed by atoms with van der Waals surface area (Å²) < 4.78 is 24.4. The molecule has 1 spiro atoms. The lowest BCUT2D eigenvalue weighted by Gasteiger charge is -2.47. The third kappa shape index (κ3) is 2.82. The minimum absolute atomic E-state index is 0.118. The summed E-state index contributed by atoms with van der Waals surface area (Å²) in [5, 5.41) is 0. The summed E-state index contributed by atoms with van der Waals surface area (Å²) in [5.41, 5.74) is 0.373. The van der Waals surface area contributed by atoms with E-state index in [-0.39, 0.29) is 16.4 Å². The Morgan fingerprint density at radius 3 is 2.91 bits per heavy atom. The highest BCUT2D eigenvalue weighted by Gasteiger charge is 2.50. The number of benzene rings is 1. The molecule has 2 heterocycles. The molecule has 1 amide bonds. The number of halogens is 1. The summed E-state index contributed by atoms with van der Waals surface area (Å²) in [6.07, 6.45) is 1.29. The van der Waals surface area contributed by atoms with E-state index >= 15 is 0 Å². The summed E-state index contributed by atoms with van der Waals surface area (Å²) >= 11 is 1.89. The Labute approximate surface area is 134 Å². The van der Waals surface area contributed by atoms with E-state index < -0.39 is 5.82 Å². The number of ether oxygens (including phenoxy) is 2. The average molecular weight is 325 g/mol. The van der Waals surface area contributed by atoms with E-state index in [1.807, 2.05) is 18.7 Å². The van der Waals surface area contributed by atoms with Crippen molar-refractivity contribution in [2.45, 2.75) is 24.2 Å². The van der Waals surface area contributed by atoms with Gasteiger partial charge < -0.3 is 14.4 Å². The Hall–Kier alpha value is -1.27. The fourth-order valence-electron chi connectivity index (χ4n) is 3.14. The van der Waals surface area contributed by atoms with Crippen molar-refractivity contribution in [1.82, 2.24) is 4.90 Å². The van der Waals surface area contributed by atoms with E-state index in [9.17, 15) is 9.18 Å². The molecule has 120 valence electrons. The molecule has 2 aliphatic rings. The van der Waals surface area contributed by atoms with E-state index in [4.69, 9.17) is 9.47 Å². The molecule has 1 unspecified atom stereocenters. The molecule has 6 heteroatoms. The number of carbonyl (C=O) groups is 1. The summed E-state index contributed by atoms with van der Waals surface area (Å²) in [7, 11) is 1.41. The average Bonchev–Trinajstić information content (AvgIpc) is 2.89. The fraction of sp³-hybridized carbons (Fsp3) is 0.562. The minimum Gasteiger partial charge on any atom is -0.494 e. The van der Waals surface area contributed by atoms with E-state index in [1.54, 1.807) is 11.0 Å². The summed E-state index contributed by atoms with van der Waals surface area (Å²) in [5.74, 6) is 0.526. The minimum atomic E-state index is -0.504. The summed E-state index contributed by atoms with van der Waals surface area (Å²) in [4.78, 5) is 14.2. The van der Waals surface area contributed by atoms with Gasteiger partial charge in [0.05, 0.1) is 18.0 Å². The molecule has 4 nitrogen and oxygen atoms in total. The number of amides is 1. The Balaban J connectivity index is 1.61. The first kappa shape index (κ1) is 15.6. The normalized spacial score (nSPS) is 22.7. The largest absolute Gasteiger partial charge is 0.494 e. The number of carbonyl (C=O) groups excluding carboxylic acids is 1. The maximum absolute atomic E-state index is 13.7. The van der Waals surface area contributed by atoms with Gasteiger partial charge in [-0.2, -0.15) is 0 Å². The zero-order valence-corrected chi connectivity index (χ0v) is 13.6. The molecule has 2 fully saturated rings. The molecule has 2 aliphatic heterocycles. The molecule has 1 atom stereocenters. The van der Waals surface area contributed by atoms with Crippen molar-refractivity contribution in [3.8, 4) is 5.75 Å². The van der Waals surface area contributed by atoms with Gasteiger partial charge in [0, 0.05) is 31.0 Å². The van der Waals surface area contributed by atoms with Crippen LogP contribution < -0.4 is 4.74 Å². The van der Waals surface area contributed by atoms with Gasteiger partial charge >= 0.3 is 0 Å². The maximum Gasteiger partial charge on any atom is 0.254 e. The van der Waals surface area contributed by atoms with Crippen LogP contribution in [0.5, 0.6) is 5.75 Å². The van der Waals surface area contributed by atoms with Gasteiger partial charge in [-0.15, -0.1) is 11.8 Å². The summed E-state index contributed by atoms with van der Waals surface area (Å²) in [6.45, 7) is 4.17.